The number of nitrogens with zero attached hydrogens (tertiary/aromatic N) is 6. The van der Waals surface area contributed by atoms with Crippen LogP contribution >= 0.6 is 11.6 Å². The summed E-state index contributed by atoms with van der Waals surface area (Å²) in [6.45, 7) is 3.29. The number of benzene rings is 1. The molecule has 3 fully saturated rings. The Kier molecular flexibility index (Phi) is 7.87. The molecule has 0 bridgehead atoms. The van der Waals surface area contributed by atoms with E-state index >= 15 is 0 Å². The minimum atomic E-state index is -3.64. The van der Waals surface area contributed by atoms with Gasteiger partial charge in [0.2, 0.25) is 10.0 Å². The van der Waals surface area contributed by atoms with Gasteiger partial charge in [-0.25, -0.2) is 22.2 Å². The van der Waals surface area contributed by atoms with Crippen molar-refractivity contribution in [2.45, 2.75) is 44.2 Å². The minimum absolute atomic E-state index is 0.129. The van der Waals surface area contributed by atoms with Crippen LogP contribution in [0.25, 0.3) is 5.65 Å². The van der Waals surface area contributed by atoms with Crippen molar-refractivity contribution in [3.05, 3.63) is 46.6 Å². The Labute approximate surface area is 247 Å². The molecular formula is C27H33ClF2N8O3S. The van der Waals surface area contributed by atoms with Crippen LogP contribution in [0.3, 0.4) is 0 Å². The molecule has 3 aromatic rings. The van der Waals surface area contributed by atoms with E-state index in [2.05, 4.69) is 14.9 Å². The maximum Gasteiger partial charge on any atom is 0.256 e. The van der Waals surface area contributed by atoms with Crippen LogP contribution in [0.2, 0.25) is 5.02 Å². The number of carbonyl (C=O) groups is 1. The molecule has 3 saturated heterocycles. The lowest BCUT2D eigenvalue weighted by Gasteiger charge is -2.36. The zero-order valence-electron chi connectivity index (χ0n) is 23.1. The van der Waals surface area contributed by atoms with Crippen LogP contribution in [0.5, 0.6) is 0 Å². The number of fused-ring (bicyclic) bond motifs is 1. The number of carbonyl (C=O) groups excluding carboxylic acids is 1. The standard InChI is InChI=1S/C27H33ClF2N8O3S/c1-42(40,41)34-19-7-6-17(28)13-18(19)27(39)37-11-3-2-5-22(37)20-14-24-32-23(35-9-4-10-35)15-25(38(24)33-20)36-12-8-31-21(16-36)26(29)30/h6-7,13-15,21-22,26,31,34H,2-5,8-12,16H2,1H3/t21-,22+/m1/s1. The zero-order chi connectivity index (χ0) is 29.6. The fraction of sp³-hybridized carbons (Fsp3) is 0.519. The van der Waals surface area contributed by atoms with Crippen molar-refractivity contribution < 1.29 is 22.0 Å². The van der Waals surface area contributed by atoms with Gasteiger partial charge in [-0.05, 0) is 43.9 Å². The van der Waals surface area contributed by atoms with Crippen molar-refractivity contribution in [3.63, 3.8) is 0 Å². The van der Waals surface area contributed by atoms with Gasteiger partial charge in [0.25, 0.3) is 12.3 Å². The number of aromatic nitrogens is 3. The summed E-state index contributed by atoms with van der Waals surface area (Å²) in [5.74, 6) is 1.10. The third-order valence-electron chi connectivity index (χ3n) is 8.04. The zero-order valence-corrected chi connectivity index (χ0v) is 24.7. The van der Waals surface area contributed by atoms with Crippen LogP contribution in [0, 0.1) is 0 Å². The van der Waals surface area contributed by atoms with Gasteiger partial charge < -0.3 is 20.0 Å². The van der Waals surface area contributed by atoms with Crippen LogP contribution < -0.4 is 19.8 Å². The molecule has 42 heavy (non-hydrogen) atoms. The normalized spacial score (nSPS) is 21.6. The predicted molar refractivity (Wildman–Crippen MR) is 157 cm³/mol. The molecule has 3 aliphatic heterocycles. The number of piperidine rings is 1. The highest BCUT2D eigenvalue weighted by atomic mass is 35.5. The van der Waals surface area contributed by atoms with Crippen molar-refractivity contribution in [2.24, 2.45) is 0 Å². The Balaban J connectivity index is 1.38. The summed E-state index contributed by atoms with van der Waals surface area (Å²) in [5, 5.41) is 8.11. The first-order valence-electron chi connectivity index (χ1n) is 14.1. The molecule has 0 unspecified atom stereocenters. The first-order valence-corrected chi connectivity index (χ1v) is 16.3. The van der Waals surface area contributed by atoms with Crippen LogP contribution in [0.15, 0.2) is 30.3 Å². The highest BCUT2D eigenvalue weighted by Gasteiger charge is 2.34. The molecule has 6 rings (SSSR count). The molecule has 5 heterocycles. The van der Waals surface area contributed by atoms with Crippen molar-refractivity contribution in [1.82, 2.24) is 24.8 Å². The second-order valence-electron chi connectivity index (χ2n) is 11.1. The van der Waals surface area contributed by atoms with E-state index in [1.807, 2.05) is 17.0 Å². The van der Waals surface area contributed by atoms with Gasteiger partial charge in [-0.15, -0.1) is 0 Å². The summed E-state index contributed by atoms with van der Waals surface area (Å²) < 4.78 is 55.4. The average Bonchev–Trinajstić information content (AvgIpc) is 3.36. The second kappa shape index (κ2) is 11.5. The van der Waals surface area contributed by atoms with Gasteiger partial charge in [0, 0.05) is 56.4 Å². The van der Waals surface area contributed by atoms with E-state index in [0.29, 0.717) is 48.2 Å². The Morgan fingerprint density at radius 1 is 1.10 bits per heavy atom. The van der Waals surface area contributed by atoms with Crippen molar-refractivity contribution >= 4 is 50.5 Å². The number of alkyl halides is 2. The van der Waals surface area contributed by atoms with Gasteiger partial charge >= 0.3 is 0 Å². The molecule has 226 valence electrons. The van der Waals surface area contributed by atoms with Crippen LogP contribution in [-0.4, -0.2) is 91.8 Å². The summed E-state index contributed by atoms with van der Waals surface area (Å²) >= 11 is 6.22. The average molecular weight is 623 g/mol. The number of halogens is 3. The number of anilines is 3. The van der Waals surface area contributed by atoms with E-state index in [1.165, 1.54) is 18.2 Å². The van der Waals surface area contributed by atoms with E-state index in [9.17, 15) is 22.0 Å². The van der Waals surface area contributed by atoms with E-state index in [4.69, 9.17) is 21.7 Å². The van der Waals surface area contributed by atoms with Crippen molar-refractivity contribution in [1.29, 1.82) is 0 Å². The highest BCUT2D eigenvalue weighted by molar-refractivity contribution is 7.92. The third kappa shape index (κ3) is 5.84. The number of amides is 1. The van der Waals surface area contributed by atoms with Gasteiger partial charge in [0.15, 0.2) is 5.65 Å². The molecule has 0 saturated carbocycles. The molecule has 1 amide bonds. The number of likely N-dealkylation sites (tertiary alicyclic amines) is 1. The molecule has 0 radical (unpaired) electrons. The summed E-state index contributed by atoms with van der Waals surface area (Å²) in [5.41, 5.74) is 1.53. The topological polar surface area (TPSA) is 115 Å². The smallest absolute Gasteiger partial charge is 0.256 e. The molecule has 2 N–H and O–H groups in total. The Morgan fingerprint density at radius 2 is 1.90 bits per heavy atom. The molecule has 3 aliphatic rings. The lowest BCUT2D eigenvalue weighted by molar-refractivity contribution is 0.0607. The molecule has 15 heteroatoms. The largest absolute Gasteiger partial charge is 0.356 e. The molecule has 11 nitrogen and oxygen atoms in total. The molecule has 0 aliphatic carbocycles. The second-order valence-corrected chi connectivity index (χ2v) is 13.3. The first-order chi connectivity index (χ1) is 20.1. The SMILES string of the molecule is CS(=O)(=O)Nc1ccc(Cl)cc1C(=O)N1CCCC[C@H]1c1cc2nc(N3CCC3)cc(N3CCN[C@@H](C(F)F)C3)n2n1. The summed E-state index contributed by atoms with van der Waals surface area (Å²) in [7, 11) is -3.64. The summed E-state index contributed by atoms with van der Waals surface area (Å²) in [4.78, 5) is 24.6. The first kappa shape index (κ1) is 28.9. The lowest BCUT2D eigenvalue weighted by atomic mass is 9.98. The van der Waals surface area contributed by atoms with Gasteiger partial charge in [0.1, 0.15) is 11.6 Å². The number of hydrogen-bond donors (Lipinski definition) is 2. The van der Waals surface area contributed by atoms with Gasteiger partial charge in [0.05, 0.1) is 35.3 Å². The quantitative estimate of drug-likeness (QED) is 0.412. The molecule has 1 aromatic carbocycles. The van der Waals surface area contributed by atoms with Crippen LogP contribution in [-0.2, 0) is 10.0 Å². The number of rotatable bonds is 7. The van der Waals surface area contributed by atoms with Gasteiger partial charge in [-0.3, -0.25) is 9.52 Å². The fourth-order valence-electron chi connectivity index (χ4n) is 5.83. The van der Waals surface area contributed by atoms with Crippen molar-refractivity contribution in [3.8, 4) is 0 Å². The lowest BCUT2D eigenvalue weighted by Crippen LogP contribution is -2.54. The Bertz CT molecular complexity index is 1600. The van der Waals surface area contributed by atoms with Crippen LogP contribution in [0.1, 0.15) is 47.8 Å². The van der Waals surface area contributed by atoms with E-state index < -0.39 is 28.5 Å². The van der Waals surface area contributed by atoms with E-state index in [-0.39, 0.29) is 23.7 Å². The summed E-state index contributed by atoms with van der Waals surface area (Å²) in [6, 6.07) is 6.90. The highest BCUT2D eigenvalue weighted by Crippen LogP contribution is 2.35. The number of hydrogen-bond acceptors (Lipinski definition) is 8. The monoisotopic (exact) mass is 622 g/mol. The maximum absolute atomic E-state index is 14.0. The summed E-state index contributed by atoms with van der Waals surface area (Å²) in [6.07, 6.45) is 1.90. The van der Waals surface area contributed by atoms with Crippen molar-refractivity contribution in [2.75, 3.05) is 60.0 Å². The Hall–Kier alpha value is -3.23. The fourth-order valence-corrected chi connectivity index (χ4v) is 6.58. The van der Waals surface area contributed by atoms with Gasteiger partial charge in [-0.2, -0.15) is 9.61 Å². The molecule has 2 atom stereocenters. The van der Waals surface area contributed by atoms with Gasteiger partial charge in [-0.1, -0.05) is 11.6 Å². The maximum atomic E-state index is 14.0. The Morgan fingerprint density at radius 3 is 2.62 bits per heavy atom. The molecule has 2 aromatic heterocycles. The van der Waals surface area contributed by atoms with E-state index in [1.54, 1.807) is 9.42 Å². The molecular weight excluding hydrogens is 590 g/mol. The minimum Gasteiger partial charge on any atom is -0.356 e. The number of nitrogens with one attached hydrogen (secondary N) is 2. The van der Waals surface area contributed by atoms with E-state index in [0.717, 1.165) is 44.4 Å². The predicted octanol–water partition coefficient (Wildman–Crippen LogP) is 3.38. The van der Waals surface area contributed by atoms with Crippen LogP contribution in [0.4, 0.5) is 26.1 Å². The number of piperazine rings is 1. The third-order valence-corrected chi connectivity index (χ3v) is 8.87. The number of sulfonamides is 1. The molecule has 0 spiro atoms.